The van der Waals surface area contributed by atoms with Crippen LogP contribution in [0.4, 0.5) is 0 Å². The topological polar surface area (TPSA) is 12.5 Å². The summed E-state index contributed by atoms with van der Waals surface area (Å²) in [7, 11) is 0. The molecule has 20 heavy (non-hydrogen) atoms. The third-order valence-electron chi connectivity index (χ3n) is 4.62. The van der Waals surface area contributed by atoms with Crippen LogP contribution < -0.4 is 0 Å². The Morgan fingerprint density at radius 2 is 1.50 bits per heavy atom. The van der Waals surface area contributed by atoms with Crippen LogP contribution in [0, 0.1) is 17.8 Å². The third-order valence-corrected chi connectivity index (χ3v) is 8.37. The van der Waals surface area contributed by atoms with Crippen molar-refractivity contribution in [2.75, 3.05) is 19.6 Å². The lowest BCUT2D eigenvalue weighted by Crippen LogP contribution is -2.39. The molecule has 0 aromatic rings. The predicted molar refractivity (Wildman–Crippen MR) is 90.4 cm³/mol. The van der Waals surface area contributed by atoms with E-state index in [4.69, 9.17) is 3.79 Å². The van der Waals surface area contributed by atoms with Crippen molar-refractivity contribution >= 4 is 14.5 Å². The van der Waals surface area contributed by atoms with Crippen molar-refractivity contribution in [1.82, 2.24) is 4.90 Å². The van der Waals surface area contributed by atoms with Crippen molar-refractivity contribution in [3.63, 3.8) is 0 Å². The van der Waals surface area contributed by atoms with E-state index in [-0.39, 0.29) is 0 Å². The number of hydrogen-bond acceptors (Lipinski definition) is 2. The van der Waals surface area contributed by atoms with E-state index in [1.54, 1.807) is 0 Å². The van der Waals surface area contributed by atoms with Gasteiger partial charge in [0.25, 0.3) is 0 Å². The summed E-state index contributed by atoms with van der Waals surface area (Å²) in [6.45, 7) is 17.7. The zero-order valence-electron chi connectivity index (χ0n) is 14.7. The maximum absolute atomic E-state index is 6.60. The number of piperidine rings is 1. The third kappa shape index (κ3) is 6.94. The van der Waals surface area contributed by atoms with Crippen molar-refractivity contribution in [1.29, 1.82) is 0 Å². The molecule has 0 N–H and O–H groups in total. The van der Waals surface area contributed by atoms with Crippen molar-refractivity contribution in [2.45, 2.75) is 71.1 Å². The van der Waals surface area contributed by atoms with Crippen LogP contribution in [-0.4, -0.2) is 45.1 Å². The van der Waals surface area contributed by atoms with Crippen LogP contribution in [0.5, 0.6) is 0 Å². The number of rotatable bonds is 8. The molecule has 3 heteroatoms. The first kappa shape index (κ1) is 18.5. The standard InChI is InChI=1S/C9H18NO.2C4H9.Al/c1-3-10-6-4-9(5-7-10)8(2)11;2*1-4(2)3;/h8-9H,3-7H2,1-2H3;2*4H,1H2,2-3H3;/q-1;;;+1. The van der Waals surface area contributed by atoms with Gasteiger partial charge >= 0.3 is 14.5 Å². The summed E-state index contributed by atoms with van der Waals surface area (Å²) in [5, 5.41) is 2.69. The molecule has 0 amide bonds. The van der Waals surface area contributed by atoms with Gasteiger partial charge in [-0.15, -0.1) is 0 Å². The maximum atomic E-state index is 6.60. The molecule has 2 nitrogen and oxygen atoms in total. The largest absolute Gasteiger partial charge is 0.498 e. The predicted octanol–water partition coefficient (Wildman–Crippen LogP) is 4.43. The quantitative estimate of drug-likeness (QED) is 0.615. The Morgan fingerprint density at radius 1 is 1.00 bits per heavy atom. The minimum Gasteiger partial charge on any atom is -0.498 e. The molecule has 118 valence electrons. The monoisotopic (exact) mass is 297 g/mol. The highest BCUT2D eigenvalue weighted by Crippen LogP contribution is 2.25. The van der Waals surface area contributed by atoms with Crippen molar-refractivity contribution < 1.29 is 3.79 Å². The van der Waals surface area contributed by atoms with E-state index < -0.39 is 14.5 Å². The van der Waals surface area contributed by atoms with Gasteiger partial charge in [-0.1, -0.05) is 57.0 Å². The Labute approximate surface area is 132 Å². The molecule has 1 rings (SSSR count). The first-order chi connectivity index (χ1) is 9.42. The summed E-state index contributed by atoms with van der Waals surface area (Å²) >= 11 is -1.01. The van der Waals surface area contributed by atoms with E-state index in [2.05, 4.69) is 46.4 Å². The highest BCUT2D eigenvalue weighted by atomic mass is 27.2. The molecule has 1 fully saturated rings. The molecule has 1 heterocycles. The fraction of sp³-hybridized carbons (Fsp3) is 1.00. The molecule has 1 unspecified atom stereocenters. The van der Waals surface area contributed by atoms with E-state index in [1.807, 2.05) is 0 Å². The van der Waals surface area contributed by atoms with E-state index in [9.17, 15) is 0 Å². The molecule has 0 aromatic heterocycles. The zero-order valence-corrected chi connectivity index (χ0v) is 15.8. The molecule has 0 spiro atoms. The van der Waals surface area contributed by atoms with Gasteiger partial charge < -0.3 is 8.69 Å². The Bertz CT molecular complexity index is 239. The lowest BCUT2D eigenvalue weighted by molar-refractivity contribution is 0.0873. The molecule has 0 aromatic carbocycles. The van der Waals surface area contributed by atoms with Crippen molar-refractivity contribution in [2.24, 2.45) is 17.8 Å². The molecule has 1 saturated heterocycles. The smallest absolute Gasteiger partial charge is 0.461 e. The normalized spacial score (nSPS) is 19.8. The maximum Gasteiger partial charge on any atom is 0.461 e. The molecule has 0 aliphatic carbocycles. The van der Waals surface area contributed by atoms with E-state index in [1.165, 1.54) is 43.0 Å². The van der Waals surface area contributed by atoms with Crippen molar-refractivity contribution in [3.8, 4) is 0 Å². The Kier molecular flexibility index (Phi) is 8.76. The molecular weight excluding hydrogens is 261 g/mol. The van der Waals surface area contributed by atoms with Gasteiger partial charge in [0, 0.05) is 6.10 Å². The first-order valence-electron chi connectivity index (χ1n) is 8.80. The summed E-state index contributed by atoms with van der Waals surface area (Å²) < 4.78 is 6.60. The van der Waals surface area contributed by atoms with Gasteiger partial charge in [0.2, 0.25) is 0 Å². The molecule has 0 bridgehead atoms. The fourth-order valence-electron chi connectivity index (χ4n) is 3.41. The Balaban J connectivity index is 2.42. The molecule has 1 atom stereocenters. The second-order valence-electron chi connectivity index (χ2n) is 7.49. The fourth-order valence-corrected chi connectivity index (χ4v) is 6.76. The second-order valence-corrected chi connectivity index (χ2v) is 9.95. The molecular formula is C17H36AlNO. The summed E-state index contributed by atoms with van der Waals surface area (Å²) in [6.07, 6.45) is 3.15. The van der Waals surface area contributed by atoms with Gasteiger partial charge in [-0.25, -0.2) is 0 Å². The molecule has 1 aliphatic rings. The van der Waals surface area contributed by atoms with Crippen LogP contribution in [0.1, 0.15) is 54.4 Å². The second kappa shape index (κ2) is 9.47. The van der Waals surface area contributed by atoms with Crippen LogP contribution in [-0.2, 0) is 3.79 Å². The first-order valence-corrected chi connectivity index (χ1v) is 10.9. The average Bonchev–Trinajstić information content (AvgIpc) is 2.37. The van der Waals surface area contributed by atoms with E-state index in [0.717, 1.165) is 17.8 Å². The zero-order chi connectivity index (χ0) is 15.1. The van der Waals surface area contributed by atoms with Crippen molar-refractivity contribution in [3.05, 3.63) is 0 Å². The molecule has 1 aliphatic heterocycles. The minimum absolute atomic E-state index is 0.489. The summed E-state index contributed by atoms with van der Waals surface area (Å²) in [5.74, 6) is 2.38. The van der Waals surface area contributed by atoms with Gasteiger partial charge in [-0.3, -0.25) is 0 Å². The minimum atomic E-state index is -1.01. The SMILES string of the molecule is CCN1CCC(C(C)[O][Al]([CH2]C(C)C)[CH2]C(C)C)CC1. The average molecular weight is 297 g/mol. The van der Waals surface area contributed by atoms with Gasteiger partial charge in [0.05, 0.1) is 0 Å². The Hall–Kier alpha value is 0.452. The van der Waals surface area contributed by atoms with E-state index in [0.29, 0.717) is 6.10 Å². The van der Waals surface area contributed by atoms with Gasteiger partial charge in [0.1, 0.15) is 0 Å². The van der Waals surface area contributed by atoms with E-state index >= 15 is 0 Å². The summed E-state index contributed by atoms with van der Waals surface area (Å²) in [6, 6.07) is 0. The number of nitrogens with zero attached hydrogens (tertiary/aromatic N) is 1. The summed E-state index contributed by atoms with van der Waals surface area (Å²) in [4.78, 5) is 2.57. The van der Waals surface area contributed by atoms with Gasteiger partial charge in [0.15, 0.2) is 0 Å². The molecule has 0 saturated carbocycles. The van der Waals surface area contributed by atoms with Crippen LogP contribution >= 0.6 is 0 Å². The lowest BCUT2D eigenvalue weighted by atomic mass is 9.92. The van der Waals surface area contributed by atoms with Crippen LogP contribution in [0.25, 0.3) is 0 Å². The summed E-state index contributed by atoms with van der Waals surface area (Å²) in [5.41, 5.74) is 0. The van der Waals surface area contributed by atoms with Crippen LogP contribution in [0.3, 0.4) is 0 Å². The van der Waals surface area contributed by atoms with Gasteiger partial charge in [-0.2, -0.15) is 0 Å². The highest BCUT2D eigenvalue weighted by molar-refractivity contribution is 6.52. The molecule has 0 radical (unpaired) electrons. The number of hydrogen-bond donors (Lipinski definition) is 0. The number of likely N-dealkylation sites (tertiary alicyclic amines) is 1. The van der Waals surface area contributed by atoms with Crippen LogP contribution in [0.15, 0.2) is 0 Å². The highest BCUT2D eigenvalue weighted by Gasteiger charge is 2.30. The lowest BCUT2D eigenvalue weighted by Gasteiger charge is -2.36. The van der Waals surface area contributed by atoms with Gasteiger partial charge in [-0.05, 0) is 45.3 Å². The van der Waals surface area contributed by atoms with Crippen LogP contribution in [0.2, 0.25) is 10.6 Å². The Morgan fingerprint density at radius 3 is 1.90 bits per heavy atom.